The van der Waals surface area contributed by atoms with Gasteiger partial charge in [0.2, 0.25) is 5.91 Å². The van der Waals surface area contributed by atoms with Crippen LogP contribution in [0.4, 0.5) is 0 Å². The summed E-state index contributed by atoms with van der Waals surface area (Å²) in [5, 5.41) is 20.0. The lowest BCUT2D eigenvalue weighted by Crippen LogP contribution is -2.41. The third-order valence-corrected chi connectivity index (χ3v) is 2.10. The predicted molar refractivity (Wildman–Crippen MR) is 58.8 cm³/mol. The molecule has 2 atom stereocenters. The lowest BCUT2D eigenvalue weighted by molar-refractivity contribution is -0.137. The first-order valence-electron chi connectivity index (χ1n) is 5.36. The highest BCUT2D eigenvalue weighted by Crippen LogP contribution is 1.96. The average molecular weight is 232 g/mol. The van der Waals surface area contributed by atoms with Crippen LogP contribution in [0.3, 0.4) is 0 Å². The smallest absolute Gasteiger partial charge is 0.303 e. The van der Waals surface area contributed by atoms with Gasteiger partial charge in [0.25, 0.3) is 0 Å². The van der Waals surface area contributed by atoms with Gasteiger partial charge >= 0.3 is 5.97 Å². The van der Waals surface area contributed by atoms with E-state index in [1.807, 2.05) is 0 Å². The molecule has 0 aliphatic heterocycles. The van der Waals surface area contributed by atoms with Crippen molar-refractivity contribution in [2.24, 2.45) is 5.73 Å². The highest BCUT2D eigenvalue weighted by atomic mass is 16.4. The van der Waals surface area contributed by atoms with E-state index in [0.717, 1.165) is 0 Å². The number of nitrogens with one attached hydrogen (secondary N) is 1. The number of carboxylic acid groups (broad SMARTS) is 1. The third-order valence-electron chi connectivity index (χ3n) is 2.10. The topological polar surface area (TPSA) is 113 Å². The summed E-state index contributed by atoms with van der Waals surface area (Å²) in [7, 11) is 0. The molecule has 6 nitrogen and oxygen atoms in total. The van der Waals surface area contributed by atoms with Crippen LogP contribution >= 0.6 is 0 Å². The minimum absolute atomic E-state index is 0.109. The van der Waals surface area contributed by atoms with E-state index >= 15 is 0 Å². The van der Waals surface area contributed by atoms with E-state index < -0.39 is 12.0 Å². The first kappa shape index (κ1) is 14.9. The van der Waals surface area contributed by atoms with Gasteiger partial charge in [-0.05, 0) is 26.2 Å². The Labute approximate surface area is 94.8 Å². The zero-order valence-corrected chi connectivity index (χ0v) is 9.48. The van der Waals surface area contributed by atoms with Crippen molar-refractivity contribution in [3.63, 3.8) is 0 Å². The van der Waals surface area contributed by atoms with Crippen LogP contribution in [0, 0.1) is 0 Å². The van der Waals surface area contributed by atoms with Crippen molar-refractivity contribution in [1.82, 2.24) is 5.32 Å². The Morgan fingerprint density at radius 2 is 2.00 bits per heavy atom. The highest BCUT2D eigenvalue weighted by Gasteiger charge is 2.13. The first-order chi connectivity index (χ1) is 7.43. The van der Waals surface area contributed by atoms with E-state index in [4.69, 9.17) is 15.9 Å². The molecule has 0 saturated carbocycles. The van der Waals surface area contributed by atoms with Gasteiger partial charge in [-0.25, -0.2) is 0 Å². The van der Waals surface area contributed by atoms with Crippen LogP contribution in [-0.4, -0.2) is 40.8 Å². The summed E-state index contributed by atoms with van der Waals surface area (Å²) in [5.74, 6) is -1.30. The quantitative estimate of drug-likeness (QED) is 0.420. The maximum Gasteiger partial charge on any atom is 0.303 e. The van der Waals surface area contributed by atoms with Crippen LogP contribution in [0.15, 0.2) is 0 Å². The number of aliphatic hydroxyl groups is 1. The van der Waals surface area contributed by atoms with E-state index in [2.05, 4.69) is 5.32 Å². The fourth-order valence-electron chi connectivity index (χ4n) is 1.15. The summed E-state index contributed by atoms with van der Waals surface area (Å²) < 4.78 is 0. The summed E-state index contributed by atoms with van der Waals surface area (Å²) in [6.45, 7) is 2.13. The second-order valence-corrected chi connectivity index (χ2v) is 3.82. The summed E-state index contributed by atoms with van der Waals surface area (Å²) in [4.78, 5) is 21.6. The van der Waals surface area contributed by atoms with Crippen LogP contribution < -0.4 is 11.1 Å². The number of carbonyl (C=O) groups is 2. The van der Waals surface area contributed by atoms with Crippen molar-refractivity contribution in [2.75, 3.05) is 6.54 Å². The SMILES string of the molecule is CC(O)CCCNC(=O)C(N)CCC(=O)O. The Balaban J connectivity index is 3.59. The molecule has 0 saturated heterocycles. The molecule has 1 amide bonds. The molecule has 5 N–H and O–H groups in total. The number of amides is 1. The Hall–Kier alpha value is -1.14. The van der Waals surface area contributed by atoms with Crippen molar-refractivity contribution >= 4 is 11.9 Å². The van der Waals surface area contributed by atoms with Gasteiger partial charge in [0.05, 0.1) is 12.1 Å². The molecule has 16 heavy (non-hydrogen) atoms. The van der Waals surface area contributed by atoms with Gasteiger partial charge < -0.3 is 21.3 Å². The van der Waals surface area contributed by atoms with E-state index in [0.29, 0.717) is 19.4 Å². The average Bonchev–Trinajstić information content (AvgIpc) is 2.20. The lowest BCUT2D eigenvalue weighted by atomic mass is 10.1. The third kappa shape index (κ3) is 8.19. The zero-order chi connectivity index (χ0) is 12.6. The number of nitrogens with two attached hydrogens (primary N) is 1. The fourth-order valence-corrected chi connectivity index (χ4v) is 1.15. The van der Waals surface area contributed by atoms with Crippen LogP contribution in [-0.2, 0) is 9.59 Å². The number of hydrogen-bond acceptors (Lipinski definition) is 4. The van der Waals surface area contributed by atoms with Gasteiger partial charge in [0.1, 0.15) is 0 Å². The molecule has 0 rings (SSSR count). The van der Waals surface area contributed by atoms with Crippen molar-refractivity contribution in [3.05, 3.63) is 0 Å². The number of aliphatic hydroxyl groups excluding tert-OH is 1. The standard InChI is InChI=1S/C10H20N2O4/c1-7(13)3-2-6-12-10(16)8(11)4-5-9(14)15/h7-8,13H,2-6,11H2,1H3,(H,12,16)(H,14,15). The van der Waals surface area contributed by atoms with E-state index in [-0.39, 0.29) is 24.9 Å². The van der Waals surface area contributed by atoms with E-state index in [1.165, 1.54) is 0 Å². The normalized spacial score (nSPS) is 14.2. The monoisotopic (exact) mass is 232 g/mol. The van der Waals surface area contributed by atoms with Gasteiger partial charge in [-0.3, -0.25) is 9.59 Å². The zero-order valence-electron chi connectivity index (χ0n) is 9.48. The van der Waals surface area contributed by atoms with Gasteiger partial charge in [0.15, 0.2) is 0 Å². The molecule has 0 aromatic carbocycles. The minimum Gasteiger partial charge on any atom is -0.481 e. The molecule has 94 valence electrons. The van der Waals surface area contributed by atoms with Crippen LogP contribution in [0.25, 0.3) is 0 Å². The maximum atomic E-state index is 11.3. The lowest BCUT2D eigenvalue weighted by Gasteiger charge is -2.11. The van der Waals surface area contributed by atoms with Crippen molar-refractivity contribution in [2.45, 2.75) is 44.8 Å². The highest BCUT2D eigenvalue weighted by molar-refractivity contribution is 5.82. The Kier molecular flexibility index (Phi) is 7.49. The molecular weight excluding hydrogens is 212 g/mol. The number of aliphatic carboxylic acids is 1. The maximum absolute atomic E-state index is 11.3. The summed E-state index contributed by atoms with van der Waals surface area (Å²) >= 11 is 0. The molecular formula is C10H20N2O4. The number of carbonyl (C=O) groups excluding carboxylic acids is 1. The number of rotatable bonds is 8. The molecule has 0 fully saturated rings. The number of hydrogen-bond donors (Lipinski definition) is 4. The van der Waals surface area contributed by atoms with Gasteiger partial charge in [-0.1, -0.05) is 0 Å². The molecule has 0 spiro atoms. The summed E-state index contributed by atoms with van der Waals surface area (Å²) in [5.41, 5.74) is 5.48. The van der Waals surface area contributed by atoms with Crippen molar-refractivity contribution < 1.29 is 19.8 Å². The first-order valence-corrected chi connectivity index (χ1v) is 5.36. The van der Waals surface area contributed by atoms with Gasteiger partial charge in [0, 0.05) is 13.0 Å². The molecule has 6 heteroatoms. The van der Waals surface area contributed by atoms with E-state index in [1.54, 1.807) is 6.92 Å². The predicted octanol–water partition coefficient (Wildman–Crippen LogP) is -0.544. The molecule has 0 radical (unpaired) electrons. The van der Waals surface area contributed by atoms with E-state index in [9.17, 15) is 9.59 Å². The van der Waals surface area contributed by atoms with Crippen LogP contribution in [0.2, 0.25) is 0 Å². The molecule has 0 aromatic heterocycles. The fraction of sp³-hybridized carbons (Fsp3) is 0.800. The van der Waals surface area contributed by atoms with Crippen molar-refractivity contribution in [1.29, 1.82) is 0 Å². The summed E-state index contributed by atoms with van der Waals surface area (Å²) in [6, 6.07) is -0.775. The molecule has 0 bridgehead atoms. The van der Waals surface area contributed by atoms with Gasteiger partial charge in [-0.2, -0.15) is 0 Å². The second kappa shape index (κ2) is 8.06. The van der Waals surface area contributed by atoms with Crippen molar-refractivity contribution in [3.8, 4) is 0 Å². The minimum atomic E-state index is -0.961. The molecule has 2 unspecified atom stereocenters. The Morgan fingerprint density at radius 1 is 1.38 bits per heavy atom. The molecule has 0 aliphatic carbocycles. The Bertz CT molecular complexity index is 231. The number of carboxylic acids is 1. The Morgan fingerprint density at radius 3 is 2.50 bits per heavy atom. The molecule has 0 aliphatic rings. The second-order valence-electron chi connectivity index (χ2n) is 3.82. The van der Waals surface area contributed by atoms with Crippen LogP contribution in [0.1, 0.15) is 32.6 Å². The molecule has 0 aromatic rings. The van der Waals surface area contributed by atoms with Gasteiger partial charge in [-0.15, -0.1) is 0 Å². The molecule has 0 heterocycles. The van der Waals surface area contributed by atoms with Crippen LogP contribution in [0.5, 0.6) is 0 Å². The largest absolute Gasteiger partial charge is 0.481 e. The summed E-state index contributed by atoms with van der Waals surface area (Å²) in [6.07, 6.45) is 0.942.